The Balaban J connectivity index is 0.00000158. The summed E-state index contributed by atoms with van der Waals surface area (Å²) in [4.78, 5) is 0. The van der Waals surface area contributed by atoms with Crippen LogP contribution in [0, 0.1) is 0 Å². The van der Waals surface area contributed by atoms with Gasteiger partial charge in [0, 0.05) is 24.7 Å². The van der Waals surface area contributed by atoms with Gasteiger partial charge in [-0.3, -0.25) is 0 Å². The van der Waals surface area contributed by atoms with Gasteiger partial charge in [0.05, 0.1) is 18.5 Å². The minimum absolute atomic E-state index is 0. The van der Waals surface area contributed by atoms with E-state index in [2.05, 4.69) is 73.3 Å². The van der Waals surface area contributed by atoms with E-state index in [1.54, 1.807) is 0 Å². The van der Waals surface area contributed by atoms with Gasteiger partial charge in [0.25, 0.3) is 0 Å². The zero-order chi connectivity index (χ0) is 22.5. The topological polar surface area (TPSA) is 14.1 Å². The molecule has 0 aromatic heterocycles. The van der Waals surface area contributed by atoms with E-state index < -0.39 is 0 Å². The SMILES string of the molecule is CCCCCc1cccc2c1[N-]c1c(cccc1C[PH+](CCC)CCC)C2.CCCP.[Co].[RuH+]. The Morgan fingerprint density at radius 1 is 0.788 bits per heavy atom. The quantitative estimate of drug-likeness (QED) is 0.116. The van der Waals surface area contributed by atoms with E-state index in [0.717, 1.165) is 6.42 Å². The van der Waals surface area contributed by atoms with Crippen molar-refractivity contribution >= 4 is 28.5 Å². The third kappa shape index (κ3) is 10.8. The summed E-state index contributed by atoms with van der Waals surface area (Å²) in [5.74, 6) is 0. The van der Waals surface area contributed by atoms with Gasteiger partial charge in [-0.15, -0.1) is 20.6 Å². The molecule has 2 aromatic carbocycles. The Hall–Kier alpha value is 0.230. The third-order valence-corrected chi connectivity index (χ3v) is 9.87. The number of aryl methyl sites for hydroxylation is 1. The molecular weight excluding hydrogens is 572 g/mol. The van der Waals surface area contributed by atoms with Crippen molar-refractivity contribution in [1.29, 1.82) is 0 Å². The maximum absolute atomic E-state index is 5.28. The molecule has 2 radical (unpaired) electrons. The number of unbranched alkanes of at least 4 members (excludes halogenated alkanes) is 2. The number of rotatable bonds is 11. The van der Waals surface area contributed by atoms with Crippen LogP contribution in [0.3, 0.4) is 0 Å². The molecule has 0 N–H and O–H groups in total. The van der Waals surface area contributed by atoms with E-state index in [0.29, 0.717) is 0 Å². The van der Waals surface area contributed by atoms with Crippen LogP contribution in [0.2, 0.25) is 0 Å². The number of fused-ring (bicyclic) bond motifs is 2. The first-order chi connectivity index (χ1) is 15.2. The van der Waals surface area contributed by atoms with Gasteiger partial charge in [0.15, 0.2) is 0 Å². The summed E-state index contributed by atoms with van der Waals surface area (Å²) in [6, 6.07) is 13.7. The van der Waals surface area contributed by atoms with Gasteiger partial charge in [-0.2, -0.15) is 0 Å². The van der Waals surface area contributed by atoms with Crippen molar-refractivity contribution in [3.8, 4) is 0 Å². The van der Waals surface area contributed by atoms with Gasteiger partial charge in [-0.1, -0.05) is 100 Å². The molecule has 1 unspecified atom stereocenters. The average Bonchev–Trinajstić information content (AvgIpc) is 2.79. The summed E-state index contributed by atoms with van der Waals surface area (Å²) in [6.45, 7) is 9.11. The number of hydrogen-bond donors (Lipinski definition) is 0. The summed E-state index contributed by atoms with van der Waals surface area (Å²) in [5.41, 5.74) is 8.41. The molecule has 0 fully saturated rings. The van der Waals surface area contributed by atoms with E-state index in [4.69, 9.17) is 5.32 Å². The molecule has 0 aliphatic carbocycles. The van der Waals surface area contributed by atoms with Crippen molar-refractivity contribution in [2.75, 3.05) is 18.5 Å². The van der Waals surface area contributed by atoms with Crippen molar-refractivity contribution in [3.05, 3.63) is 64.0 Å². The Morgan fingerprint density at radius 3 is 1.85 bits per heavy atom. The molecule has 189 valence electrons. The van der Waals surface area contributed by atoms with Gasteiger partial charge >= 0.3 is 19.5 Å². The summed E-state index contributed by atoms with van der Waals surface area (Å²) in [7, 11) is 2.36. The first-order valence-corrected chi connectivity index (χ1v) is 15.6. The van der Waals surface area contributed by atoms with Gasteiger partial charge in [0.1, 0.15) is 0 Å². The molecule has 5 heteroatoms. The fourth-order valence-corrected chi connectivity index (χ4v) is 7.21. The van der Waals surface area contributed by atoms with Crippen LogP contribution in [-0.4, -0.2) is 18.5 Å². The molecule has 1 atom stereocenters. The maximum atomic E-state index is 5.28. The number of nitrogens with zero attached hydrogens (tertiary/aromatic N) is 1. The third-order valence-electron chi connectivity index (χ3n) is 6.00. The van der Waals surface area contributed by atoms with Crippen molar-refractivity contribution in [3.63, 3.8) is 0 Å². The van der Waals surface area contributed by atoms with Crippen LogP contribution in [0.15, 0.2) is 36.4 Å². The predicted molar refractivity (Wildman–Crippen MR) is 150 cm³/mol. The van der Waals surface area contributed by atoms with E-state index in [9.17, 15) is 0 Å². The number of para-hydroxylation sites is 2. The van der Waals surface area contributed by atoms with Crippen LogP contribution in [-0.2, 0) is 55.3 Å². The Labute approximate surface area is 231 Å². The zero-order valence-electron chi connectivity index (χ0n) is 21.2. The Morgan fingerprint density at radius 2 is 1.33 bits per heavy atom. The molecule has 1 aliphatic heterocycles. The van der Waals surface area contributed by atoms with Crippen LogP contribution in [0.4, 0.5) is 11.4 Å². The second kappa shape index (κ2) is 19.4. The normalized spacial score (nSPS) is 11.2. The summed E-state index contributed by atoms with van der Waals surface area (Å²) < 4.78 is 0. The van der Waals surface area contributed by atoms with Crippen molar-refractivity contribution < 1.29 is 36.3 Å². The van der Waals surface area contributed by atoms with Crippen LogP contribution >= 0.6 is 17.2 Å². The molecule has 0 spiro atoms. The molecule has 33 heavy (non-hydrogen) atoms. The van der Waals surface area contributed by atoms with Gasteiger partial charge in [-0.25, -0.2) is 0 Å². The van der Waals surface area contributed by atoms with Gasteiger partial charge in [-0.05, 0) is 43.8 Å². The fraction of sp³-hybridized carbons (Fsp3) is 0.571. The van der Waals surface area contributed by atoms with E-state index >= 15 is 0 Å². The fourth-order valence-electron chi connectivity index (χ4n) is 4.37. The van der Waals surface area contributed by atoms with Gasteiger partial charge in [0.2, 0.25) is 0 Å². The van der Waals surface area contributed by atoms with E-state index in [1.807, 2.05) is 0 Å². The van der Waals surface area contributed by atoms with Crippen LogP contribution in [0.25, 0.3) is 5.32 Å². The molecule has 0 amide bonds. The molecule has 2 aromatic rings. The monoisotopic (exact) mass is 619 g/mol. The molecule has 0 saturated carbocycles. The molecule has 0 bridgehead atoms. The summed E-state index contributed by atoms with van der Waals surface area (Å²) in [6.07, 6.45) is 15.4. The zero-order valence-corrected chi connectivity index (χ0v) is 26.2. The minimum atomic E-state index is -0.295. The first kappa shape index (κ1) is 33.2. The first-order valence-electron chi connectivity index (χ1n) is 12.6. The number of benzene rings is 2. The van der Waals surface area contributed by atoms with Crippen molar-refractivity contribution in [2.45, 2.75) is 85.2 Å². The molecule has 0 saturated heterocycles. The van der Waals surface area contributed by atoms with Crippen molar-refractivity contribution in [1.82, 2.24) is 0 Å². The molecule has 3 rings (SSSR count). The van der Waals surface area contributed by atoms with E-state index in [1.165, 1.54) is 103 Å². The standard InChI is InChI=1S/C25H35NP.C3H9P.Co.Ru.H/c1-4-7-8-11-20-12-9-13-21-18-22-14-10-15-23(25(22)26-24(20)21)19-27(16-5-2)17-6-3;1-2-3-4;;;/h9-10,12-15H,4-8,11,16-19H2,1-3H3;2-4H2,1H3;;;/q-1;;;+1;/p+1. The summed E-state index contributed by atoms with van der Waals surface area (Å²) >= 11 is 0. The molecule has 1 aliphatic rings. The predicted octanol–water partition coefficient (Wildman–Crippen LogP) is 9.19. The van der Waals surface area contributed by atoms with Crippen molar-refractivity contribution in [2.24, 2.45) is 0 Å². The molecular formula is C28H46CoNP2Ru+. The Kier molecular flexibility index (Phi) is 19.6. The number of hydrogen-bond acceptors (Lipinski definition) is 0. The van der Waals surface area contributed by atoms with Crippen LogP contribution in [0.1, 0.15) is 88.5 Å². The second-order valence-corrected chi connectivity index (χ2v) is 12.2. The Bertz CT molecular complexity index is 776. The second-order valence-electron chi connectivity index (χ2n) is 8.81. The average molecular weight is 619 g/mol. The molecule has 1 heterocycles. The van der Waals surface area contributed by atoms with Gasteiger partial charge < -0.3 is 5.32 Å². The molecule has 1 nitrogen and oxygen atoms in total. The summed E-state index contributed by atoms with van der Waals surface area (Å²) in [5, 5.41) is 5.28. The van der Waals surface area contributed by atoms with Crippen LogP contribution < -0.4 is 0 Å². The van der Waals surface area contributed by atoms with E-state index in [-0.39, 0.29) is 44.2 Å². The van der Waals surface area contributed by atoms with Crippen LogP contribution in [0.5, 0.6) is 0 Å².